The lowest BCUT2D eigenvalue weighted by Gasteiger charge is -2.03. The molecule has 0 unspecified atom stereocenters. The van der Waals surface area contributed by atoms with Crippen LogP contribution in [-0.2, 0) is 4.74 Å². The van der Waals surface area contributed by atoms with Crippen LogP contribution in [0, 0.1) is 6.92 Å². The van der Waals surface area contributed by atoms with Crippen LogP contribution in [0.5, 0.6) is 0 Å². The molecule has 1 aromatic rings. The number of ether oxygens (including phenoxy) is 1. The maximum atomic E-state index is 11.1. The van der Waals surface area contributed by atoms with E-state index in [1.807, 2.05) is 6.92 Å². The van der Waals surface area contributed by atoms with Gasteiger partial charge in [0.15, 0.2) is 0 Å². The van der Waals surface area contributed by atoms with Gasteiger partial charge in [0.1, 0.15) is 0 Å². The van der Waals surface area contributed by atoms with E-state index in [4.69, 9.17) is 5.02 Å². The zero-order valence-corrected chi connectivity index (χ0v) is 7.57. The third-order valence-corrected chi connectivity index (χ3v) is 1.83. The molecule has 0 aromatic heterocycles. The van der Waals surface area contributed by atoms with E-state index in [0.29, 0.717) is 11.0 Å². The van der Waals surface area contributed by atoms with Gasteiger partial charge in [-0.25, -0.2) is 4.79 Å². The summed E-state index contributed by atoms with van der Waals surface area (Å²) >= 11 is 0. The maximum absolute atomic E-state index is 11.1. The van der Waals surface area contributed by atoms with E-state index in [0.717, 1.165) is 13.0 Å². The lowest BCUT2D eigenvalue weighted by atomic mass is 9.84. The molecule has 4 heteroatoms. The van der Waals surface area contributed by atoms with Crippen LogP contribution in [0.1, 0.15) is 15.9 Å². The molecule has 0 fully saturated rings. The third kappa shape index (κ3) is 2.09. The van der Waals surface area contributed by atoms with Crippen molar-refractivity contribution in [3.63, 3.8) is 0 Å². The summed E-state index contributed by atoms with van der Waals surface area (Å²) in [5, 5.41) is 8.76. The number of rotatable bonds is 2. The molecule has 67 valence electrons. The number of aryl methyl sites for hydroxylation is 1. The Kier molecular flexibility index (Phi) is 3.09. The van der Waals surface area contributed by atoms with Gasteiger partial charge < -0.3 is 9.76 Å². The van der Waals surface area contributed by atoms with Crippen LogP contribution >= 0.6 is 0 Å². The Bertz CT molecular complexity index is 323. The van der Waals surface area contributed by atoms with Crippen LogP contribution in [-0.4, -0.2) is 25.6 Å². The van der Waals surface area contributed by atoms with Gasteiger partial charge in [-0.1, -0.05) is 17.1 Å². The standard InChI is InChI=1S/C9H10BO3/c1-6-5-7(9(11)13-2)3-4-8(6)10-12/h3-5,12H,1-2H3. The highest BCUT2D eigenvalue weighted by Gasteiger charge is 2.07. The minimum atomic E-state index is -0.368. The van der Waals surface area contributed by atoms with Gasteiger partial charge in [0, 0.05) is 0 Å². The fourth-order valence-corrected chi connectivity index (χ4v) is 1.07. The van der Waals surface area contributed by atoms with Gasteiger partial charge in [-0.2, -0.15) is 0 Å². The normalized spacial score (nSPS) is 9.46. The fourth-order valence-electron chi connectivity index (χ4n) is 1.07. The maximum Gasteiger partial charge on any atom is 0.337 e. The first-order valence-electron chi connectivity index (χ1n) is 3.85. The van der Waals surface area contributed by atoms with Crippen molar-refractivity contribution in [2.24, 2.45) is 0 Å². The molecule has 1 radical (unpaired) electrons. The van der Waals surface area contributed by atoms with Gasteiger partial charge >= 0.3 is 13.5 Å². The first kappa shape index (κ1) is 9.80. The van der Waals surface area contributed by atoms with E-state index in [1.165, 1.54) is 7.11 Å². The number of carbonyl (C=O) groups excluding carboxylic acids is 1. The summed E-state index contributed by atoms with van der Waals surface area (Å²) in [4.78, 5) is 11.1. The highest BCUT2D eigenvalue weighted by atomic mass is 16.5. The minimum Gasteiger partial charge on any atom is -0.465 e. The van der Waals surface area contributed by atoms with Crippen LogP contribution in [0.2, 0.25) is 0 Å². The second-order valence-electron chi connectivity index (χ2n) is 2.69. The lowest BCUT2D eigenvalue weighted by molar-refractivity contribution is 0.0600. The average Bonchev–Trinajstić information content (AvgIpc) is 2.16. The topological polar surface area (TPSA) is 46.5 Å². The highest BCUT2D eigenvalue weighted by molar-refractivity contribution is 6.46. The predicted octanol–water partition coefficient (Wildman–Crippen LogP) is 0.0184. The second kappa shape index (κ2) is 4.09. The van der Waals surface area contributed by atoms with Crippen LogP contribution in [0.15, 0.2) is 18.2 Å². The summed E-state index contributed by atoms with van der Waals surface area (Å²) in [7, 11) is 2.35. The largest absolute Gasteiger partial charge is 0.465 e. The molecule has 0 atom stereocenters. The van der Waals surface area contributed by atoms with E-state index in [-0.39, 0.29) is 5.97 Å². The Morgan fingerprint density at radius 3 is 2.69 bits per heavy atom. The summed E-state index contributed by atoms with van der Waals surface area (Å²) in [6, 6.07) is 4.95. The summed E-state index contributed by atoms with van der Waals surface area (Å²) in [5.74, 6) is -0.368. The van der Waals surface area contributed by atoms with Crippen LogP contribution in [0.3, 0.4) is 0 Å². The predicted molar refractivity (Wildman–Crippen MR) is 50.1 cm³/mol. The highest BCUT2D eigenvalue weighted by Crippen LogP contribution is 2.03. The average molecular weight is 177 g/mol. The second-order valence-corrected chi connectivity index (χ2v) is 2.69. The zero-order chi connectivity index (χ0) is 9.84. The first-order valence-corrected chi connectivity index (χ1v) is 3.85. The Labute approximate surface area is 77.6 Å². The summed E-state index contributed by atoms with van der Waals surface area (Å²) in [6.45, 7) is 1.81. The van der Waals surface area contributed by atoms with Gasteiger partial charge in [-0.3, -0.25) is 0 Å². The van der Waals surface area contributed by atoms with Crippen molar-refractivity contribution in [2.45, 2.75) is 6.92 Å². The van der Waals surface area contributed by atoms with Gasteiger partial charge in [-0.05, 0) is 19.1 Å². The van der Waals surface area contributed by atoms with E-state index in [2.05, 4.69) is 4.74 Å². The van der Waals surface area contributed by atoms with E-state index in [9.17, 15) is 4.79 Å². The van der Waals surface area contributed by atoms with E-state index < -0.39 is 0 Å². The quantitative estimate of drug-likeness (QED) is 0.511. The smallest absolute Gasteiger partial charge is 0.337 e. The number of hydrogen-bond acceptors (Lipinski definition) is 3. The van der Waals surface area contributed by atoms with Gasteiger partial charge in [0.2, 0.25) is 0 Å². The molecule has 3 nitrogen and oxygen atoms in total. The van der Waals surface area contributed by atoms with Crippen LogP contribution < -0.4 is 5.46 Å². The summed E-state index contributed by atoms with van der Waals surface area (Å²) in [6.07, 6.45) is 0. The van der Waals surface area contributed by atoms with Gasteiger partial charge in [0.25, 0.3) is 0 Å². The van der Waals surface area contributed by atoms with Crippen molar-refractivity contribution in [3.05, 3.63) is 29.3 Å². The van der Waals surface area contributed by atoms with E-state index >= 15 is 0 Å². The molecule has 1 N–H and O–H groups in total. The SMILES string of the molecule is COC(=O)c1ccc([B]O)c(C)c1. The molecule has 1 aromatic carbocycles. The van der Waals surface area contributed by atoms with Gasteiger partial charge in [-0.15, -0.1) is 0 Å². The molecular weight excluding hydrogens is 167 g/mol. The molecule has 0 aliphatic carbocycles. The molecule has 0 saturated carbocycles. The summed E-state index contributed by atoms with van der Waals surface area (Å²) in [5.41, 5.74) is 2.03. The van der Waals surface area contributed by atoms with Crippen molar-refractivity contribution in [3.8, 4) is 0 Å². The Morgan fingerprint density at radius 1 is 1.54 bits per heavy atom. The third-order valence-electron chi connectivity index (χ3n) is 1.83. The number of esters is 1. The number of benzene rings is 1. The molecule has 1 rings (SSSR count). The van der Waals surface area contributed by atoms with E-state index in [1.54, 1.807) is 18.2 Å². The minimum absolute atomic E-state index is 0.368. The van der Waals surface area contributed by atoms with Crippen molar-refractivity contribution in [1.82, 2.24) is 0 Å². The van der Waals surface area contributed by atoms with Crippen LogP contribution in [0.4, 0.5) is 0 Å². The number of methoxy groups -OCH3 is 1. The Hall–Kier alpha value is -1.29. The summed E-state index contributed by atoms with van der Waals surface area (Å²) < 4.78 is 4.55. The Morgan fingerprint density at radius 2 is 2.23 bits per heavy atom. The molecule has 13 heavy (non-hydrogen) atoms. The van der Waals surface area contributed by atoms with Gasteiger partial charge in [0.05, 0.1) is 12.7 Å². The van der Waals surface area contributed by atoms with Crippen molar-refractivity contribution in [1.29, 1.82) is 0 Å². The molecular formula is C9H10BO3. The zero-order valence-electron chi connectivity index (χ0n) is 7.57. The molecule has 0 spiro atoms. The monoisotopic (exact) mass is 177 g/mol. The molecule has 0 bridgehead atoms. The Balaban J connectivity index is 3.02. The molecule has 0 amide bonds. The molecule has 0 aliphatic rings. The molecule has 0 saturated heterocycles. The molecule has 0 heterocycles. The van der Waals surface area contributed by atoms with Crippen molar-refractivity contribution in [2.75, 3.05) is 7.11 Å². The molecule has 0 aliphatic heterocycles. The van der Waals surface area contributed by atoms with Crippen molar-refractivity contribution >= 4 is 18.9 Å². The van der Waals surface area contributed by atoms with Crippen molar-refractivity contribution < 1.29 is 14.6 Å². The van der Waals surface area contributed by atoms with Crippen LogP contribution in [0.25, 0.3) is 0 Å². The number of carbonyl (C=O) groups is 1. The first-order chi connectivity index (χ1) is 6.19. The number of hydrogen-bond donors (Lipinski definition) is 1. The fraction of sp³-hybridized carbons (Fsp3) is 0.222. The lowest BCUT2D eigenvalue weighted by Crippen LogP contribution is -2.18.